The normalized spacial score (nSPS) is 11.3. The SMILES string of the molecule is O=c1nc(-c2c[nH]c3ccccc23)cc(C=Cc2ccccc2[N+](=O)[O-])[nH]1. The molecule has 0 aliphatic rings. The highest BCUT2D eigenvalue weighted by Crippen LogP contribution is 2.27. The van der Waals surface area contributed by atoms with Gasteiger partial charge in [0.15, 0.2) is 0 Å². The van der Waals surface area contributed by atoms with Gasteiger partial charge in [-0.1, -0.05) is 30.3 Å². The van der Waals surface area contributed by atoms with E-state index in [4.69, 9.17) is 0 Å². The zero-order valence-electron chi connectivity index (χ0n) is 14.0. The lowest BCUT2D eigenvalue weighted by Gasteiger charge is -2.01. The van der Waals surface area contributed by atoms with E-state index < -0.39 is 10.6 Å². The van der Waals surface area contributed by atoms with E-state index in [0.717, 1.165) is 16.5 Å². The predicted octanol–water partition coefficient (Wildman–Crippen LogP) is 4.00. The van der Waals surface area contributed by atoms with E-state index in [1.807, 2.05) is 30.5 Å². The van der Waals surface area contributed by atoms with Crippen LogP contribution in [0.4, 0.5) is 5.69 Å². The summed E-state index contributed by atoms with van der Waals surface area (Å²) in [5.41, 5.74) is 2.77. The van der Waals surface area contributed by atoms with Gasteiger partial charge in [-0.25, -0.2) is 4.79 Å². The van der Waals surface area contributed by atoms with Crippen LogP contribution in [-0.2, 0) is 0 Å². The molecule has 2 aromatic heterocycles. The Balaban J connectivity index is 1.76. The molecule has 0 saturated carbocycles. The molecule has 27 heavy (non-hydrogen) atoms. The Labute approximate surface area is 153 Å². The molecule has 4 rings (SSSR count). The molecule has 2 N–H and O–H groups in total. The van der Waals surface area contributed by atoms with Crippen molar-refractivity contribution in [2.75, 3.05) is 0 Å². The number of nitrogens with zero attached hydrogens (tertiary/aromatic N) is 2. The molecule has 0 amide bonds. The smallest absolute Gasteiger partial charge is 0.345 e. The molecular weight excluding hydrogens is 344 g/mol. The van der Waals surface area contributed by atoms with Crippen LogP contribution in [0.25, 0.3) is 34.3 Å². The predicted molar refractivity (Wildman–Crippen MR) is 104 cm³/mol. The van der Waals surface area contributed by atoms with E-state index in [1.165, 1.54) is 6.07 Å². The van der Waals surface area contributed by atoms with Crippen LogP contribution in [-0.4, -0.2) is 19.9 Å². The van der Waals surface area contributed by atoms with Crippen LogP contribution in [0.3, 0.4) is 0 Å². The molecule has 0 unspecified atom stereocenters. The second-order valence-electron chi connectivity index (χ2n) is 5.92. The van der Waals surface area contributed by atoms with Crippen LogP contribution in [0.5, 0.6) is 0 Å². The van der Waals surface area contributed by atoms with Gasteiger partial charge in [-0.15, -0.1) is 0 Å². The van der Waals surface area contributed by atoms with Crippen molar-refractivity contribution in [1.82, 2.24) is 15.0 Å². The maximum Gasteiger partial charge on any atom is 0.345 e. The number of aromatic amines is 2. The van der Waals surface area contributed by atoms with Gasteiger partial charge in [0, 0.05) is 34.4 Å². The van der Waals surface area contributed by atoms with Crippen molar-refractivity contribution < 1.29 is 4.92 Å². The van der Waals surface area contributed by atoms with Crippen LogP contribution < -0.4 is 5.69 Å². The third-order valence-corrected chi connectivity index (χ3v) is 4.21. The van der Waals surface area contributed by atoms with Gasteiger partial charge in [-0.05, 0) is 30.4 Å². The molecular formula is C20H14N4O3. The molecule has 132 valence electrons. The first-order valence-corrected chi connectivity index (χ1v) is 8.21. The van der Waals surface area contributed by atoms with Gasteiger partial charge in [-0.3, -0.25) is 10.1 Å². The lowest BCUT2D eigenvalue weighted by molar-refractivity contribution is -0.385. The fourth-order valence-electron chi connectivity index (χ4n) is 2.96. The number of para-hydroxylation sites is 2. The number of nitro benzene ring substituents is 1. The summed E-state index contributed by atoms with van der Waals surface area (Å²) in [4.78, 5) is 32.5. The average molecular weight is 358 g/mol. The van der Waals surface area contributed by atoms with Gasteiger partial charge < -0.3 is 9.97 Å². The number of benzene rings is 2. The number of nitro groups is 1. The van der Waals surface area contributed by atoms with E-state index in [1.54, 1.807) is 36.4 Å². The first kappa shape index (κ1) is 16.5. The van der Waals surface area contributed by atoms with E-state index in [-0.39, 0.29) is 5.69 Å². The molecule has 0 aliphatic heterocycles. The minimum atomic E-state index is -0.486. The topological polar surface area (TPSA) is 105 Å². The van der Waals surface area contributed by atoms with Gasteiger partial charge in [0.25, 0.3) is 5.69 Å². The lowest BCUT2D eigenvalue weighted by atomic mass is 10.1. The van der Waals surface area contributed by atoms with Gasteiger partial charge >= 0.3 is 5.69 Å². The standard InChI is InChI=1S/C20H14N4O3/c25-20-22-14(10-9-13-5-1-4-8-19(13)24(26)27)11-18(23-20)16-12-21-17-7-3-2-6-15(16)17/h1-12,21H,(H,22,23,25). The highest BCUT2D eigenvalue weighted by Gasteiger charge is 2.11. The molecule has 2 aromatic carbocycles. The Hall–Kier alpha value is -4.00. The molecule has 0 fully saturated rings. The minimum absolute atomic E-state index is 0.00186. The quantitative estimate of drug-likeness (QED) is 0.425. The summed E-state index contributed by atoms with van der Waals surface area (Å²) in [6.45, 7) is 0. The van der Waals surface area contributed by atoms with Crippen LogP contribution in [0, 0.1) is 10.1 Å². The third kappa shape index (κ3) is 3.25. The molecule has 7 heteroatoms. The molecule has 0 aliphatic carbocycles. The second kappa shape index (κ2) is 6.72. The van der Waals surface area contributed by atoms with Gasteiger partial charge in [0.1, 0.15) is 0 Å². The average Bonchev–Trinajstić information content (AvgIpc) is 3.10. The van der Waals surface area contributed by atoms with Crippen LogP contribution in [0.15, 0.2) is 65.6 Å². The summed E-state index contributed by atoms with van der Waals surface area (Å²) in [7, 11) is 0. The highest BCUT2D eigenvalue weighted by molar-refractivity contribution is 5.94. The minimum Gasteiger partial charge on any atom is -0.360 e. The number of H-pyrrole nitrogens is 2. The second-order valence-corrected chi connectivity index (χ2v) is 5.92. The van der Waals surface area contributed by atoms with E-state index in [2.05, 4.69) is 15.0 Å². The maximum absolute atomic E-state index is 12.0. The molecule has 2 heterocycles. The summed E-state index contributed by atoms with van der Waals surface area (Å²) in [6, 6.07) is 15.9. The zero-order valence-corrected chi connectivity index (χ0v) is 14.0. The fourth-order valence-corrected chi connectivity index (χ4v) is 2.96. The molecule has 4 aromatic rings. The largest absolute Gasteiger partial charge is 0.360 e. The van der Waals surface area contributed by atoms with E-state index >= 15 is 0 Å². The molecule has 0 spiro atoms. The van der Waals surface area contributed by atoms with Crippen LogP contribution in [0.1, 0.15) is 11.3 Å². The van der Waals surface area contributed by atoms with Crippen molar-refractivity contribution in [2.45, 2.75) is 0 Å². The zero-order chi connectivity index (χ0) is 18.8. The Bertz CT molecular complexity index is 1240. The summed E-state index contributed by atoms with van der Waals surface area (Å²) in [5.74, 6) is 0. The molecule has 0 bridgehead atoms. The molecule has 0 atom stereocenters. The maximum atomic E-state index is 12.0. The van der Waals surface area contributed by atoms with Crippen LogP contribution in [0.2, 0.25) is 0 Å². The van der Waals surface area contributed by atoms with Crippen molar-refractivity contribution >= 4 is 28.7 Å². The summed E-state index contributed by atoms with van der Waals surface area (Å²) in [5, 5.41) is 12.1. The first-order valence-electron chi connectivity index (χ1n) is 8.21. The van der Waals surface area contributed by atoms with Crippen molar-refractivity contribution in [1.29, 1.82) is 0 Å². The molecule has 7 nitrogen and oxygen atoms in total. The Morgan fingerprint density at radius 2 is 1.81 bits per heavy atom. The number of fused-ring (bicyclic) bond motifs is 1. The molecule has 0 saturated heterocycles. The Morgan fingerprint density at radius 3 is 2.67 bits per heavy atom. The van der Waals surface area contributed by atoms with Gasteiger partial charge in [0.05, 0.1) is 16.2 Å². The fraction of sp³-hybridized carbons (Fsp3) is 0. The highest BCUT2D eigenvalue weighted by atomic mass is 16.6. The van der Waals surface area contributed by atoms with Gasteiger partial charge in [0.2, 0.25) is 0 Å². The Kier molecular flexibility index (Phi) is 4.10. The lowest BCUT2D eigenvalue weighted by Crippen LogP contribution is -2.11. The van der Waals surface area contributed by atoms with Crippen molar-refractivity contribution in [3.63, 3.8) is 0 Å². The van der Waals surface area contributed by atoms with E-state index in [9.17, 15) is 14.9 Å². The number of aromatic nitrogens is 3. The van der Waals surface area contributed by atoms with E-state index in [0.29, 0.717) is 17.0 Å². The first-order chi connectivity index (χ1) is 13.1. The molecule has 0 radical (unpaired) electrons. The van der Waals surface area contributed by atoms with Crippen molar-refractivity contribution in [3.8, 4) is 11.3 Å². The number of hydrogen-bond donors (Lipinski definition) is 2. The Morgan fingerprint density at radius 1 is 1.04 bits per heavy atom. The summed E-state index contributed by atoms with van der Waals surface area (Å²) in [6.07, 6.45) is 5.04. The van der Waals surface area contributed by atoms with Crippen molar-refractivity contribution in [3.05, 3.63) is 92.7 Å². The van der Waals surface area contributed by atoms with Gasteiger partial charge in [-0.2, -0.15) is 4.98 Å². The van der Waals surface area contributed by atoms with Crippen LogP contribution >= 0.6 is 0 Å². The number of nitrogens with one attached hydrogen (secondary N) is 2. The monoisotopic (exact) mass is 358 g/mol. The third-order valence-electron chi connectivity index (χ3n) is 4.21. The number of rotatable bonds is 4. The summed E-state index contributed by atoms with van der Waals surface area (Å²) < 4.78 is 0. The van der Waals surface area contributed by atoms with Crippen molar-refractivity contribution in [2.24, 2.45) is 0 Å². The summed E-state index contributed by atoms with van der Waals surface area (Å²) >= 11 is 0. The number of hydrogen-bond acceptors (Lipinski definition) is 4.